The molecule has 8 nitrogen and oxygen atoms in total. The molecule has 5 aromatic rings. The van der Waals surface area contributed by atoms with E-state index in [2.05, 4.69) is 4.90 Å². The molecule has 40 heavy (non-hydrogen) atoms. The number of aromatic nitrogens is 2. The van der Waals surface area contributed by atoms with Crippen LogP contribution in [-0.2, 0) is 17.8 Å². The molecule has 0 bridgehead atoms. The molecule has 0 N–H and O–H groups in total. The molecule has 3 heterocycles. The second-order valence-electron chi connectivity index (χ2n) is 9.50. The lowest BCUT2D eigenvalue weighted by atomic mass is 10.1. The summed E-state index contributed by atoms with van der Waals surface area (Å²) in [6, 6.07) is 20.3. The average Bonchev–Trinajstić information content (AvgIpc) is 3.37. The van der Waals surface area contributed by atoms with E-state index in [4.69, 9.17) is 42.2 Å². The van der Waals surface area contributed by atoms with Crippen LogP contribution in [0.5, 0.6) is 5.75 Å². The van der Waals surface area contributed by atoms with Gasteiger partial charge in [0.25, 0.3) is 0 Å². The van der Waals surface area contributed by atoms with E-state index in [1.165, 1.54) is 0 Å². The average molecular weight is 578 g/mol. The Morgan fingerprint density at radius 1 is 0.950 bits per heavy atom. The van der Waals surface area contributed by atoms with Gasteiger partial charge in [0, 0.05) is 19.5 Å². The van der Waals surface area contributed by atoms with Crippen LogP contribution in [0.15, 0.2) is 76.0 Å². The first kappa shape index (κ1) is 26.4. The van der Waals surface area contributed by atoms with Crippen molar-refractivity contribution in [3.05, 3.63) is 104 Å². The number of morpholine rings is 1. The maximum Gasteiger partial charge on any atom is 0.330 e. The van der Waals surface area contributed by atoms with Crippen molar-refractivity contribution >= 4 is 51.3 Å². The van der Waals surface area contributed by atoms with Gasteiger partial charge in [-0.25, -0.2) is 4.98 Å². The molecular weight excluding hydrogens is 553 g/mol. The maximum atomic E-state index is 13.8. The van der Waals surface area contributed by atoms with E-state index in [9.17, 15) is 9.59 Å². The molecule has 0 atom stereocenters. The van der Waals surface area contributed by atoms with Crippen LogP contribution in [0.3, 0.4) is 0 Å². The van der Waals surface area contributed by atoms with Gasteiger partial charge in [-0.15, -0.1) is 4.57 Å². The lowest BCUT2D eigenvalue weighted by Crippen LogP contribution is -2.36. The van der Waals surface area contributed by atoms with Crippen molar-refractivity contribution in [2.45, 2.75) is 19.4 Å². The van der Waals surface area contributed by atoms with E-state index in [-0.39, 0.29) is 35.9 Å². The minimum Gasteiger partial charge on any atom is -0.481 e. The number of halogens is 2. The highest BCUT2D eigenvalue weighted by molar-refractivity contribution is 6.42. The minimum atomic E-state index is -0.581. The zero-order valence-electron chi connectivity index (χ0n) is 21.4. The number of Topliss-reactive ketones (excluding diaryl/α,β-unsaturated/α-hetero) is 1. The fourth-order valence-corrected chi connectivity index (χ4v) is 5.16. The fourth-order valence-electron chi connectivity index (χ4n) is 4.84. The quantitative estimate of drug-likeness (QED) is 0.210. The summed E-state index contributed by atoms with van der Waals surface area (Å²) in [5.41, 5.74) is 2.71. The number of nitrogens with zero attached hydrogens (tertiary/aromatic N) is 3. The van der Waals surface area contributed by atoms with Crippen molar-refractivity contribution in [1.82, 2.24) is 9.56 Å². The van der Waals surface area contributed by atoms with Gasteiger partial charge in [-0.1, -0.05) is 65.7 Å². The van der Waals surface area contributed by atoms with Crippen molar-refractivity contribution in [1.29, 1.82) is 0 Å². The molecule has 3 aromatic carbocycles. The number of rotatable bonds is 8. The Balaban J connectivity index is 1.44. The van der Waals surface area contributed by atoms with Gasteiger partial charge in [0.05, 0.1) is 34.3 Å². The molecule has 0 unspecified atom stereocenters. The first-order valence-corrected chi connectivity index (χ1v) is 13.7. The van der Waals surface area contributed by atoms with Gasteiger partial charge in [-0.2, -0.15) is 0 Å². The summed E-state index contributed by atoms with van der Waals surface area (Å²) in [4.78, 5) is 34.3. The summed E-state index contributed by atoms with van der Waals surface area (Å²) in [6.45, 7) is 2.66. The number of ketones is 1. The molecule has 1 aliphatic rings. The molecule has 2 aromatic heterocycles. The molecule has 0 amide bonds. The topological polar surface area (TPSA) is 86.3 Å². The highest BCUT2D eigenvalue weighted by Crippen LogP contribution is 2.33. The van der Waals surface area contributed by atoms with E-state index < -0.39 is 5.56 Å². The summed E-state index contributed by atoms with van der Waals surface area (Å²) in [6.07, 6.45) is 0.481. The monoisotopic (exact) mass is 577 g/mol. The number of aryl methyl sites for hydroxylation is 1. The van der Waals surface area contributed by atoms with Crippen LogP contribution < -0.4 is 15.2 Å². The molecule has 1 aliphatic heterocycles. The Bertz CT molecular complexity index is 1760. The number of hydrogen-bond acceptors (Lipinski definition) is 7. The summed E-state index contributed by atoms with van der Waals surface area (Å²) in [5.74, 6) is -0.473. The number of anilines is 1. The third-order valence-electron chi connectivity index (χ3n) is 6.89. The van der Waals surface area contributed by atoms with Crippen LogP contribution in [0, 0.1) is 0 Å². The van der Waals surface area contributed by atoms with Crippen LogP contribution in [-0.4, -0.2) is 41.6 Å². The number of hydrogen-bond donors (Lipinski definition) is 0. The number of ether oxygens (including phenoxy) is 2. The Kier molecular flexibility index (Phi) is 7.47. The second kappa shape index (κ2) is 11.3. The standard InChI is InChI=1S/C30H25Cl2N3O5/c31-21-11-9-19(17-22(21)32)10-12-24(36)27-28(39-18-20-5-2-1-3-6-20)30(37)35-29(33-27)26-23(7-4-8-25(26)40-35)34-13-15-38-16-14-34/h1-9,11,17H,10,12-16,18H2. The Morgan fingerprint density at radius 3 is 2.52 bits per heavy atom. The molecule has 1 fully saturated rings. The number of benzene rings is 3. The first-order valence-electron chi connectivity index (χ1n) is 12.9. The van der Waals surface area contributed by atoms with Crippen LogP contribution in [0.4, 0.5) is 5.69 Å². The molecular formula is C30H25Cl2N3O5. The number of carbonyl (C=O) groups excluding carboxylic acids is 1. The van der Waals surface area contributed by atoms with Crippen LogP contribution in [0.25, 0.3) is 16.6 Å². The van der Waals surface area contributed by atoms with Crippen molar-refractivity contribution in [2.75, 3.05) is 31.2 Å². The first-order chi connectivity index (χ1) is 19.5. The van der Waals surface area contributed by atoms with Gasteiger partial charge in [-0.05, 0) is 41.8 Å². The third-order valence-corrected chi connectivity index (χ3v) is 7.63. The minimum absolute atomic E-state index is 0.0273. The summed E-state index contributed by atoms with van der Waals surface area (Å²) in [7, 11) is 0. The third kappa shape index (κ3) is 5.18. The Morgan fingerprint density at radius 2 is 1.75 bits per heavy atom. The van der Waals surface area contributed by atoms with E-state index >= 15 is 0 Å². The number of fused-ring (bicyclic) bond motifs is 3. The van der Waals surface area contributed by atoms with Crippen molar-refractivity contribution in [3.8, 4) is 5.75 Å². The summed E-state index contributed by atoms with van der Waals surface area (Å²) >= 11 is 12.2. The van der Waals surface area contributed by atoms with Gasteiger partial charge in [0.1, 0.15) is 6.61 Å². The zero-order chi connectivity index (χ0) is 27.6. The highest BCUT2D eigenvalue weighted by atomic mass is 35.5. The molecule has 0 saturated carbocycles. The van der Waals surface area contributed by atoms with Gasteiger partial charge >= 0.3 is 5.56 Å². The molecule has 0 spiro atoms. The molecule has 0 aliphatic carbocycles. The summed E-state index contributed by atoms with van der Waals surface area (Å²) < 4.78 is 18.6. The predicted octanol–water partition coefficient (Wildman–Crippen LogP) is 5.98. The van der Waals surface area contributed by atoms with E-state index in [1.54, 1.807) is 18.2 Å². The van der Waals surface area contributed by atoms with Crippen molar-refractivity contribution in [3.63, 3.8) is 0 Å². The SMILES string of the molecule is O=C(CCc1ccc(Cl)c(Cl)c1)c1nc2c3c(N4CCOCC4)cccc3on2c(=O)c1OCc1ccccc1. The summed E-state index contributed by atoms with van der Waals surface area (Å²) in [5, 5.41) is 1.52. The van der Waals surface area contributed by atoms with E-state index in [0.717, 1.165) is 21.4 Å². The molecule has 10 heteroatoms. The van der Waals surface area contributed by atoms with Gasteiger partial charge in [0.15, 0.2) is 22.7 Å². The maximum absolute atomic E-state index is 13.8. The van der Waals surface area contributed by atoms with E-state index in [1.807, 2.05) is 48.5 Å². The van der Waals surface area contributed by atoms with Gasteiger partial charge in [0.2, 0.25) is 5.75 Å². The fraction of sp³-hybridized carbons (Fsp3) is 0.233. The van der Waals surface area contributed by atoms with Gasteiger partial charge < -0.3 is 18.9 Å². The van der Waals surface area contributed by atoms with Crippen molar-refractivity contribution in [2.24, 2.45) is 0 Å². The van der Waals surface area contributed by atoms with Crippen LogP contribution in [0.2, 0.25) is 10.0 Å². The lowest BCUT2D eigenvalue weighted by Gasteiger charge is -2.29. The highest BCUT2D eigenvalue weighted by Gasteiger charge is 2.26. The lowest BCUT2D eigenvalue weighted by molar-refractivity contribution is 0.0972. The normalized spacial score (nSPS) is 13.7. The van der Waals surface area contributed by atoms with Crippen LogP contribution >= 0.6 is 23.2 Å². The van der Waals surface area contributed by atoms with E-state index in [0.29, 0.717) is 53.7 Å². The second-order valence-corrected chi connectivity index (χ2v) is 10.3. The molecule has 0 radical (unpaired) electrons. The Labute approximate surface area is 239 Å². The smallest absolute Gasteiger partial charge is 0.330 e. The molecule has 204 valence electrons. The zero-order valence-corrected chi connectivity index (χ0v) is 23.0. The van der Waals surface area contributed by atoms with Gasteiger partial charge in [-0.3, -0.25) is 9.59 Å². The van der Waals surface area contributed by atoms with Crippen molar-refractivity contribution < 1.29 is 18.8 Å². The largest absolute Gasteiger partial charge is 0.481 e. The predicted molar refractivity (Wildman–Crippen MR) is 154 cm³/mol. The molecule has 1 saturated heterocycles. The Hall–Kier alpha value is -3.85. The molecule has 6 rings (SSSR count). The number of carbonyl (C=O) groups is 1. The van der Waals surface area contributed by atoms with Crippen LogP contribution in [0.1, 0.15) is 28.0 Å².